The summed E-state index contributed by atoms with van der Waals surface area (Å²) >= 11 is 0. The molecule has 0 unspecified atom stereocenters. The van der Waals surface area contributed by atoms with Crippen molar-refractivity contribution in [2.75, 3.05) is 26.8 Å². The van der Waals surface area contributed by atoms with Crippen LogP contribution in [0.3, 0.4) is 0 Å². The number of carbonyl (C=O) groups excluding carboxylic acids is 1. The van der Waals surface area contributed by atoms with Crippen molar-refractivity contribution in [3.05, 3.63) is 48.0 Å². The van der Waals surface area contributed by atoms with Crippen LogP contribution < -0.4 is 4.74 Å². The fourth-order valence-corrected chi connectivity index (χ4v) is 3.42. The lowest BCUT2D eigenvalue weighted by Gasteiger charge is -2.33. The van der Waals surface area contributed by atoms with E-state index in [0.29, 0.717) is 31.8 Å². The first-order valence-corrected chi connectivity index (χ1v) is 8.92. The number of nitrogens with zero attached hydrogens (tertiary/aromatic N) is 3. The van der Waals surface area contributed by atoms with Gasteiger partial charge in [-0.15, -0.1) is 0 Å². The number of amides is 1. The number of likely N-dealkylation sites (tertiary alicyclic amines) is 1. The average molecular weight is 379 g/mol. The van der Waals surface area contributed by atoms with Crippen molar-refractivity contribution in [2.45, 2.75) is 31.9 Å². The Morgan fingerprint density at radius 1 is 1.41 bits per heavy atom. The summed E-state index contributed by atoms with van der Waals surface area (Å²) in [6, 6.07) is 5.93. The van der Waals surface area contributed by atoms with E-state index in [4.69, 9.17) is 4.74 Å². The van der Waals surface area contributed by atoms with E-state index in [2.05, 4.69) is 14.3 Å². The molecule has 146 valence electrons. The fraction of sp³-hybridized carbons (Fsp3) is 0.474. The van der Waals surface area contributed by atoms with Crippen LogP contribution in [-0.4, -0.2) is 53.8 Å². The summed E-state index contributed by atoms with van der Waals surface area (Å²) in [5.41, 5.74) is 0.344. The van der Waals surface area contributed by atoms with Crippen LogP contribution >= 0.6 is 0 Å². The lowest BCUT2D eigenvalue weighted by Crippen LogP contribution is -2.39. The molecule has 0 spiro atoms. The highest BCUT2D eigenvalue weighted by Gasteiger charge is 2.28. The van der Waals surface area contributed by atoms with Gasteiger partial charge < -0.3 is 18.9 Å². The largest absolute Gasteiger partial charge is 0.435 e. The molecule has 1 atom stereocenters. The summed E-state index contributed by atoms with van der Waals surface area (Å²) in [5.74, 6) is 0.878. The predicted octanol–water partition coefficient (Wildman–Crippen LogP) is 3.15. The lowest BCUT2D eigenvalue weighted by molar-refractivity contribution is -0.0499. The van der Waals surface area contributed by atoms with Gasteiger partial charge in [-0.1, -0.05) is 6.07 Å². The number of aromatic nitrogens is 2. The monoisotopic (exact) mass is 379 g/mol. The molecule has 1 aliphatic heterocycles. The van der Waals surface area contributed by atoms with E-state index in [1.54, 1.807) is 30.3 Å². The van der Waals surface area contributed by atoms with Gasteiger partial charge in [0.2, 0.25) is 0 Å². The number of rotatable bonds is 7. The molecule has 2 aromatic rings. The van der Waals surface area contributed by atoms with Crippen LogP contribution in [-0.2, 0) is 11.3 Å². The third-order valence-electron chi connectivity index (χ3n) is 4.66. The molecule has 1 amide bonds. The van der Waals surface area contributed by atoms with E-state index in [9.17, 15) is 13.6 Å². The molecule has 0 radical (unpaired) electrons. The van der Waals surface area contributed by atoms with Gasteiger partial charge >= 0.3 is 6.61 Å². The van der Waals surface area contributed by atoms with Crippen LogP contribution in [0, 0.1) is 0 Å². The van der Waals surface area contributed by atoms with Crippen LogP contribution in [0.2, 0.25) is 0 Å². The first kappa shape index (κ1) is 19.3. The maximum atomic E-state index is 12.8. The molecular weight excluding hydrogens is 356 g/mol. The fourth-order valence-electron chi connectivity index (χ4n) is 3.42. The minimum atomic E-state index is -2.92. The van der Waals surface area contributed by atoms with Crippen molar-refractivity contribution in [3.63, 3.8) is 0 Å². The molecule has 1 aromatic carbocycles. The minimum absolute atomic E-state index is 0.0143. The van der Waals surface area contributed by atoms with Crippen LogP contribution in [0.15, 0.2) is 36.7 Å². The van der Waals surface area contributed by atoms with E-state index in [-0.39, 0.29) is 17.6 Å². The van der Waals surface area contributed by atoms with Crippen LogP contribution in [0.5, 0.6) is 5.75 Å². The van der Waals surface area contributed by atoms with Crippen molar-refractivity contribution in [1.29, 1.82) is 0 Å². The van der Waals surface area contributed by atoms with Gasteiger partial charge in [0.25, 0.3) is 5.91 Å². The maximum Gasteiger partial charge on any atom is 0.387 e. The summed E-state index contributed by atoms with van der Waals surface area (Å²) in [6.45, 7) is -0.434. The summed E-state index contributed by atoms with van der Waals surface area (Å²) in [6.07, 6.45) is 5.49. The first-order valence-electron chi connectivity index (χ1n) is 8.92. The second-order valence-electron chi connectivity index (χ2n) is 6.47. The number of methoxy groups -OCH3 is 1. The van der Waals surface area contributed by atoms with E-state index in [1.165, 1.54) is 12.1 Å². The third kappa shape index (κ3) is 4.82. The van der Waals surface area contributed by atoms with Gasteiger partial charge in [-0.3, -0.25) is 4.79 Å². The second-order valence-corrected chi connectivity index (χ2v) is 6.47. The highest BCUT2D eigenvalue weighted by Crippen LogP contribution is 2.27. The number of alkyl halides is 2. The molecule has 1 aliphatic rings. The standard InChI is InChI=1S/C19H23F2N3O3/c1-26-11-10-23-9-7-22-17(23)15-5-3-8-24(13-15)18(25)14-4-2-6-16(12-14)27-19(20)21/h2,4,6-7,9,12,15,19H,3,5,8,10-11,13H2,1H3/t15-/m1/s1. The molecule has 1 fully saturated rings. The lowest BCUT2D eigenvalue weighted by atomic mass is 9.96. The van der Waals surface area contributed by atoms with E-state index >= 15 is 0 Å². The molecule has 0 aliphatic carbocycles. The van der Waals surface area contributed by atoms with Gasteiger partial charge in [0.1, 0.15) is 11.6 Å². The highest BCUT2D eigenvalue weighted by atomic mass is 19.3. The van der Waals surface area contributed by atoms with Crippen LogP contribution in [0.4, 0.5) is 8.78 Å². The molecule has 8 heteroatoms. The Kier molecular flexibility index (Phi) is 6.39. The topological polar surface area (TPSA) is 56.6 Å². The van der Waals surface area contributed by atoms with Crippen LogP contribution in [0.25, 0.3) is 0 Å². The number of benzene rings is 1. The summed E-state index contributed by atoms with van der Waals surface area (Å²) in [7, 11) is 1.66. The maximum absolute atomic E-state index is 12.8. The molecule has 27 heavy (non-hydrogen) atoms. The van der Waals surface area contributed by atoms with Gasteiger partial charge in [-0.2, -0.15) is 8.78 Å². The zero-order valence-corrected chi connectivity index (χ0v) is 15.2. The minimum Gasteiger partial charge on any atom is -0.435 e. The van der Waals surface area contributed by atoms with E-state index < -0.39 is 6.61 Å². The molecule has 0 bridgehead atoms. The van der Waals surface area contributed by atoms with Gasteiger partial charge in [0.05, 0.1) is 6.61 Å². The Bertz CT molecular complexity index is 766. The number of hydrogen-bond acceptors (Lipinski definition) is 4. The second kappa shape index (κ2) is 8.94. The third-order valence-corrected chi connectivity index (χ3v) is 4.66. The van der Waals surface area contributed by atoms with E-state index in [0.717, 1.165) is 18.7 Å². The van der Waals surface area contributed by atoms with E-state index in [1.807, 2.05) is 6.20 Å². The van der Waals surface area contributed by atoms with Crippen molar-refractivity contribution in [3.8, 4) is 5.75 Å². The van der Waals surface area contributed by atoms with Crippen molar-refractivity contribution in [2.24, 2.45) is 0 Å². The zero-order chi connectivity index (χ0) is 19.2. The Morgan fingerprint density at radius 3 is 3.04 bits per heavy atom. The summed E-state index contributed by atoms with van der Waals surface area (Å²) in [5, 5.41) is 0. The smallest absolute Gasteiger partial charge is 0.387 e. The number of ether oxygens (including phenoxy) is 2. The number of hydrogen-bond donors (Lipinski definition) is 0. The van der Waals surface area contributed by atoms with Gasteiger partial charge in [0, 0.05) is 50.6 Å². The van der Waals surface area contributed by atoms with Gasteiger partial charge in [0.15, 0.2) is 0 Å². The molecule has 2 heterocycles. The summed E-state index contributed by atoms with van der Waals surface area (Å²) < 4.78 is 36.4. The normalized spacial score (nSPS) is 17.3. The molecule has 0 saturated carbocycles. The van der Waals surface area contributed by atoms with Crippen molar-refractivity contribution < 1.29 is 23.0 Å². The highest BCUT2D eigenvalue weighted by molar-refractivity contribution is 5.94. The molecule has 1 saturated heterocycles. The number of carbonyl (C=O) groups is 1. The molecular formula is C19H23F2N3O3. The molecule has 6 nitrogen and oxygen atoms in total. The summed E-state index contributed by atoms with van der Waals surface area (Å²) in [4.78, 5) is 19.1. The molecule has 1 aromatic heterocycles. The average Bonchev–Trinajstić information content (AvgIpc) is 3.14. The Hall–Kier alpha value is -2.48. The number of piperidine rings is 1. The Labute approximate surface area is 156 Å². The molecule has 3 rings (SSSR count). The zero-order valence-electron chi connectivity index (χ0n) is 15.2. The van der Waals surface area contributed by atoms with Crippen molar-refractivity contribution in [1.82, 2.24) is 14.5 Å². The Balaban J connectivity index is 1.71. The van der Waals surface area contributed by atoms with Gasteiger partial charge in [-0.25, -0.2) is 4.98 Å². The quantitative estimate of drug-likeness (QED) is 0.742. The van der Waals surface area contributed by atoms with Crippen LogP contribution in [0.1, 0.15) is 34.9 Å². The number of imidazole rings is 1. The Morgan fingerprint density at radius 2 is 2.26 bits per heavy atom. The first-order chi connectivity index (χ1) is 13.1. The number of halogens is 2. The van der Waals surface area contributed by atoms with Crippen molar-refractivity contribution >= 4 is 5.91 Å². The molecule has 0 N–H and O–H groups in total. The predicted molar refractivity (Wildman–Crippen MR) is 95.1 cm³/mol. The SMILES string of the molecule is COCCn1ccnc1[C@@H]1CCCN(C(=O)c2cccc(OC(F)F)c2)C1. The van der Waals surface area contributed by atoms with Gasteiger partial charge in [-0.05, 0) is 31.0 Å².